The van der Waals surface area contributed by atoms with Gasteiger partial charge in [-0.05, 0) is 25.0 Å². The Morgan fingerprint density at radius 2 is 1.90 bits per heavy atom. The van der Waals surface area contributed by atoms with Crippen molar-refractivity contribution in [3.05, 3.63) is 29.8 Å². The Morgan fingerprint density at radius 1 is 1.24 bits per heavy atom. The molecule has 0 unspecified atom stereocenters. The molecule has 21 heavy (non-hydrogen) atoms. The zero-order valence-electron chi connectivity index (χ0n) is 11.1. The molecule has 1 heterocycles. The number of piperidine rings is 1. The summed E-state index contributed by atoms with van der Waals surface area (Å²) in [6, 6.07) is 2.23. The molecule has 1 aliphatic heterocycles. The molecule has 1 aliphatic rings. The van der Waals surface area contributed by atoms with Gasteiger partial charge in [-0.2, -0.15) is 0 Å². The molecule has 1 saturated heterocycles. The van der Waals surface area contributed by atoms with Crippen LogP contribution >= 0.6 is 0 Å². The second kappa shape index (κ2) is 6.38. The van der Waals surface area contributed by atoms with E-state index in [0.29, 0.717) is 32.0 Å². The Bertz CT molecular complexity index is 545. The Balaban J connectivity index is 1.89. The van der Waals surface area contributed by atoms with E-state index in [1.54, 1.807) is 0 Å². The van der Waals surface area contributed by atoms with Gasteiger partial charge in [0.1, 0.15) is 11.6 Å². The summed E-state index contributed by atoms with van der Waals surface area (Å²) >= 11 is 0. The van der Waals surface area contributed by atoms with Crippen molar-refractivity contribution in [3.63, 3.8) is 0 Å². The van der Waals surface area contributed by atoms with Gasteiger partial charge in [0.25, 0.3) is 0 Å². The minimum atomic E-state index is -1.09. The molecule has 6 nitrogen and oxygen atoms in total. The van der Waals surface area contributed by atoms with Gasteiger partial charge in [-0.3, -0.25) is 0 Å². The summed E-state index contributed by atoms with van der Waals surface area (Å²) in [6.45, 7) is 0.721. The third-order valence-electron chi connectivity index (χ3n) is 3.28. The van der Waals surface area contributed by atoms with Crippen molar-refractivity contribution in [3.8, 4) is 0 Å². The highest BCUT2D eigenvalue weighted by Gasteiger charge is 2.24. The summed E-state index contributed by atoms with van der Waals surface area (Å²) in [5.41, 5.74) is -0.0906. The van der Waals surface area contributed by atoms with Crippen LogP contribution in [0.4, 0.5) is 24.1 Å². The first-order valence-corrected chi connectivity index (χ1v) is 6.46. The number of nitrogens with zero attached hydrogens (tertiary/aromatic N) is 1. The Morgan fingerprint density at radius 3 is 2.48 bits per heavy atom. The van der Waals surface area contributed by atoms with Gasteiger partial charge < -0.3 is 20.6 Å². The maximum absolute atomic E-state index is 13.4. The standard InChI is InChI=1S/C13H15F2N3O3/c14-8-1-2-11(10(15)7-8)17-12(19)18-5-3-9(4-6-18)16-13(20)21/h1-2,7,9,16H,3-6H2,(H,17,19)(H,20,21). The van der Waals surface area contributed by atoms with Gasteiger partial charge in [0.2, 0.25) is 0 Å². The fraction of sp³-hybridized carbons (Fsp3) is 0.385. The molecule has 1 aromatic rings. The second-order valence-electron chi connectivity index (χ2n) is 4.77. The fourth-order valence-electron chi connectivity index (χ4n) is 2.19. The van der Waals surface area contributed by atoms with E-state index in [0.717, 1.165) is 12.1 Å². The maximum atomic E-state index is 13.4. The van der Waals surface area contributed by atoms with E-state index in [1.807, 2.05) is 0 Å². The summed E-state index contributed by atoms with van der Waals surface area (Å²) in [5.74, 6) is -1.56. The van der Waals surface area contributed by atoms with Crippen LogP contribution in [-0.2, 0) is 0 Å². The molecule has 0 radical (unpaired) electrons. The monoisotopic (exact) mass is 299 g/mol. The summed E-state index contributed by atoms with van der Waals surface area (Å²) in [4.78, 5) is 23.9. The van der Waals surface area contributed by atoms with Crippen LogP contribution < -0.4 is 10.6 Å². The number of likely N-dealkylation sites (tertiary alicyclic amines) is 1. The van der Waals surface area contributed by atoms with Gasteiger partial charge in [0.15, 0.2) is 0 Å². The smallest absolute Gasteiger partial charge is 0.404 e. The summed E-state index contributed by atoms with van der Waals surface area (Å²) in [6.07, 6.45) is -0.108. The molecule has 2 rings (SSSR count). The van der Waals surface area contributed by atoms with Gasteiger partial charge >= 0.3 is 12.1 Å². The van der Waals surface area contributed by atoms with E-state index < -0.39 is 23.8 Å². The molecule has 3 amide bonds. The number of halogens is 2. The van der Waals surface area contributed by atoms with E-state index >= 15 is 0 Å². The normalized spacial score (nSPS) is 15.6. The van der Waals surface area contributed by atoms with Crippen LogP contribution in [0, 0.1) is 11.6 Å². The number of benzene rings is 1. The van der Waals surface area contributed by atoms with Crippen LogP contribution in [0.5, 0.6) is 0 Å². The van der Waals surface area contributed by atoms with E-state index in [9.17, 15) is 18.4 Å². The van der Waals surface area contributed by atoms with E-state index in [4.69, 9.17) is 5.11 Å². The zero-order valence-corrected chi connectivity index (χ0v) is 11.1. The van der Waals surface area contributed by atoms with E-state index in [-0.39, 0.29) is 11.7 Å². The van der Waals surface area contributed by atoms with Crippen molar-refractivity contribution >= 4 is 17.8 Å². The lowest BCUT2D eigenvalue weighted by atomic mass is 10.1. The predicted octanol–water partition coefficient (Wildman–Crippen LogP) is 2.23. The molecular formula is C13H15F2N3O3. The highest BCUT2D eigenvalue weighted by Crippen LogP contribution is 2.17. The summed E-state index contributed by atoms with van der Waals surface area (Å²) in [5, 5.41) is 13.3. The van der Waals surface area contributed by atoms with Crippen LogP contribution in [-0.4, -0.2) is 41.3 Å². The third kappa shape index (κ3) is 4.04. The molecule has 0 spiro atoms. The number of hydrogen-bond acceptors (Lipinski definition) is 2. The maximum Gasteiger partial charge on any atom is 0.404 e. The topological polar surface area (TPSA) is 81.7 Å². The van der Waals surface area contributed by atoms with Crippen molar-refractivity contribution in [1.29, 1.82) is 0 Å². The predicted molar refractivity (Wildman–Crippen MR) is 71.1 cm³/mol. The van der Waals surface area contributed by atoms with Gasteiger partial charge in [-0.15, -0.1) is 0 Å². The van der Waals surface area contributed by atoms with E-state index in [2.05, 4.69) is 10.6 Å². The number of anilines is 1. The number of hydrogen-bond donors (Lipinski definition) is 3. The highest BCUT2D eigenvalue weighted by molar-refractivity contribution is 5.89. The number of carbonyl (C=O) groups is 2. The average molecular weight is 299 g/mol. The second-order valence-corrected chi connectivity index (χ2v) is 4.77. The third-order valence-corrected chi connectivity index (χ3v) is 3.28. The fourth-order valence-corrected chi connectivity index (χ4v) is 2.19. The first-order valence-electron chi connectivity index (χ1n) is 6.46. The summed E-state index contributed by atoms with van der Waals surface area (Å²) in [7, 11) is 0. The molecule has 0 saturated carbocycles. The number of amides is 3. The molecule has 0 atom stereocenters. The lowest BCUT2D eigenvalue weighted by Gasteiger charge is -2.31. The van der Waals surface area contributed by atoms with Crippen molar-refractivity contribution in [2.24, 2.45) is 0 Å². The Kier molecular flexibility index (Phi) is 4.56. The van der Waals surface area contributed by atoms with Crippen LogP contribution in [0.1, 0.15) is 12.8 Å². The Hall–Kier alpha value is -2.38. The molecule has 8 heteroatoms. The zero-order chi connectivity index (χ0) is 15.4. The van der Waals surface area contributed by atoms with E-state index in [1.165, 1.54) is 4.90 Å². The average Bonchev–Trinajstić information content (AvgIpc) is 2.42. The highest BCUT2D eigenvalue weighted by atomic mass is 19.1. The number of nitrogens with one attached hydrogen (secondary N) is 2. The quantitative estimate of drug-likeness (QED) is 0.783. The molecule has 1 fully saturated rings. The number of carbonyl (C=O) groups excluding carboxylic acids is 1. The molecule has 0 aromatic heterocycles. The SMILES string of the molecule is O=C(O)NC1CCN(C(=O)Nc2ccc(F)cc2F)CC1. The first kappa shape index (κ1) is 15.0. The van der Waals surface area contributed by atoms with Crippen LogP contribution in [0.2, 0.25) is 0 Å². The van der Waals surface area contributed by atoms with Gasteiger partial charge in [0, 0.05) is 25.2 Å². The minimum Gasteiger partial charge on any atom is -0.465 e. The molecule has 1 aromatic carbocycles. The van der Waals surface area contributed by atoms with Crippen molar-refractivity contribution in [2.75, 3.05) is 18.4 Å². The largest absolute Gasteiger partial charge is 0.465 e. The van der Waals surface area contributed by atoms with Gasteiger partial charge in [0.05, 0.1) is 5.69 Å². The van der Waals surface area contributed by atoms with Crippen LogP contribution in [0.15, 0.2) is 18.2 Å². The molecule has 114 valence electrons. The van der Waals surface area contributed by atoms with Crippen LogP contribution in [0.3, 0.4) is 0 Å². The van der Waals surface area contributed by atoms with Gasteiger partial charge in [-0.1, -0.05) is 0 Å². The molecule has 0 bridgehead atoms. The molecule has 3 N–H and O–H groups in total. The van der Waals surface area contributed by atoms with Crippen LogP contribution in [0.25, 0.3) is 0 Å². The van der Waals surface area contributed by atoms with Crippen molar-refractivity contribution in [2.45, 2.75) is 18.9 Å². The first-order chi connectivity index (χ1) is 9.95. The lowest BCUT2D eigenvalue weighted by molar-refractivity contribution is 0.171. The number of urea groups is 1. The number of carboxylic acid groups (broad SMARTS) is 1. The molecular weight excluding hydrogens is 284 g/mol. The lowest BCUT2D eigenvalue weighted by Crippen LogP contribution is -2.47. The number of rotatable bonds is 2. The van der Waals surface area contributed by atoms with Gasteiger partial charge in [-0.25, -0.2) is 18.4 Å². The van der Waals surface area contributed by atoms with Crippen molar-refractivity contribution in [1.82, 2.24) is 10.2 Å². The van der Waals surface area contributed by atoms with Crippen molar-refractivity contribution < 1.29 is 23.5 Å². The Labute approximate surface area is 119 Å². The minimum absolute atomic E-state index is 0.0906. The summed E-state index contributed by atoms with van der Waals surface area (Å²) < 4.78 is 26.2. The molecule has 0 aliphatic carbocycles.